The van der Waals surface area contributed by atoms with Gasteiger partial charge < -0.3 is 4.74 Å². The number of esters is 1. The highest BCUT2D eigenvalue weighted by Gasteiger charge is 2.06. The molecule has 0 saturated carbocycles. The molecule has 0 radical (unpaired) electrons. The van der Waals surface area contributed by atoms with Crippen molar-refractivity contribution in [1.82, 2.24) is 4.98 Å². The molecule has 0 N–H and O–H groups in total. The number of hydrogen-bond acceptors (Lipinski definition) is 3. The second kappa shape index (κ2) is 7.36. The SMILES string of the molecule is O=C(Cc1ccccc1)OCc1cccc(-c2ccncc2)c1. The van der Waals surface area contributed by atoms with E-state index in [0.717, 1.165) is 22.3 Å². The summed E-state index contributed by atoms with van der Waals surface area (Å²) < 4.78 is 5.37. The van der Waals surface area contributed by atoms with Crippen molar-refractivity contribution in [3.63, 3.8) is 0 Å². The van der Waals surface area contributed by atoms with Crippen LogP contribution in [0.15, 0.2) is 79.1 Å². The number of hydrogen-bond donors (Lipinski definition) is 0. The molecular formula is C20H17NO2. The number of rotatable bonds is 5. The molecule has 0 fully saturated rings. The van der Waals surface area contributed by atoms with E-state index in [1.54, 1.807) is 12.4 Å². The number of ether oxygens (including phenoxy) is 1. The molecular weight excluding hydrogens is 286 g/mol. The Labute approximate surface area is 135 Å². The average molecular weight is 303 g/mol. The summed E-state index contributed by atoms with van der Waals surface area (Å²) in [5.41, 5.74) is 4.12. The molecule has 3 aromatic rings. The van der Waals surface area contributed by atoms with Crippen molar-refractivity contribution in [3.05, 3.63) is 90.3 Å². The van der Waals surface area contributed by atoms with Crippen molar-refractivity contribution in [1.29, 1.82) is 0 Å². The summed E-state index contributed by atoms with van der Waals surface area (Å²) in [7, 11) is 0. The Morgan fingerprint density at radius 2 is 1.57 bits per heavy atom. The number of carbonyl (C=O) groups excluding carboxylic acids is 1. The Morgan fingerprint density at radius 3 is 2.35 bits per heavy atom. The molecule has 0 bridgehead atoms. The van der Waals surface area contributed by atoms with E-state index in [0.29, 0.717) is 6.42 Å². The van der Waals surface area contributed by atoms with E-state index in [1.165, 1.54) is 0 Å². The highest BCUT2D eigenvalue weighted by Crippen LogP contribution is 2.19. The van der Waals surface area contributed by atoms with Crippen LogP contribution in [0.4, 0.5) is 0 Å². The Kier molecular flexibility index (Phi) is 4.79. The Balaban J connectivity index is 1.61. The van der Waals surface area contributed by atoms with Crippen LogP contribution in [0.3, 0.4) is 0 Å². The third-order valence-corrected chi connectivity index (χ3v) is 3.53. The fourth-order valence-corrected chi connectivity index (χ4v) is 2.36. The summed E-state index contributed by atoms with van der Waals surface area (Å²) in [6.45, 7) is 0.282. The fraction of sp³-hybridized carbons (Fsp3) is 0.100. The summed E-state index contributed by atoms with van der Waals surface area (Å²) in [6.07, 6.45) is 3.83. The molecule has 23 heavy (non-hydrogen) atoms. The van der Waals surface area contributed by atoms with E-state index in [-0.39, 0.29) is 12.6 Å². The van der Waals surface area contributed by atoms with Crippen LogP contribution in [0.25, 0.3) is 11.1 Å². The van der Waals surface area contributed by atoms with Crippen LogP contribution in [0.5, 0.6) is 0 Å². The third kappa shape index (κ3) is 4.27. The van der Waals surface area contributed by atoms with Crippen molar-refractivity contribution in [2.45, 2.75) is 13.0 Å². The van der Waals surface area contributed by atoms with Crippen molar-refractivity contribution < 1.29 is 9.53 Å². The zero-order valence-electron chi connectivity index (χ0n) is 12.7. The Hall–Kier alpha value is -2.94. The standard InChI is InChI=1S/C20H17NO2/c22-20(14-16-5-2-1-3-6-16)23-15-17-7-4-8-19(13-17)18-9-11-21-12-10-18/h1-13H,14-15H2. The number of benzene rings is 2. The zero-order valence-corrected chi connectivity index (χ0v) is 12.7. The molecule has 0 aliphatic carbocycles. The summed E-state index contributed by atoms with van der Waals surface area (Å²) in [5, 5.41) is 0. The molecule has 0 amide bonds. The van der Waals surface area contributed by atoms with E-state index in [2.05, 4.69) is 4.98 Å². The van der Waals surface area contributed by atoms with E-state index in [4.69, 9.17) is 4.74 Å². The highest BCUT2D eigenvalue weighted by atomic mass is 16.5. The molecule has 0 aliphatic heterocycles. The van der Waals surface area contributed by atoms with Gasteiger partial charge in [0.25, 0.3) is 0 Å². The molecule has 0 aliphatic rings. The van der Waals surface area contributed by atoms with Gasteiger partial charge >= 0.3 is 5.97 Å². The average Bonchev–Trinajstić information content (AvgIpc) is 2.62. The minimum Gasteiger partial charge on any atom is -0.461 e. The largest absolute Gasteiger partial charge is 0.461 e. The number of aromatic nitrogens is 1. The molecule has 114 valence electrons. The molecule has 0 spiro atoms. The van der Waals surface area contributed by atoms with E-state index in [1.807, 2.05) is 66.7 Å². The molecule has 0 atom stereocenters. The normalized spacial score (nSPS) is 10.3. The van der Waals surface area contributed by atoms with Gasteiger partial charge in [-0.25, -0.2) is 0 Å². The Bertz CT molecular complexity index is 770. The quantitative estimate of drug-likeness (QED) is 0.668. The number of carbonyl (C=O) groups is 1. The maximum atomic E-state index is 11.9. The third-order valence-electron chi connectivity index (χ3n) is 3.53. The minimum absolute atomic E-state index is 0.217. The maximum absolute atomic E-state index is 11.9. The van der Waals surface area contributed by atoms with Crippen molar-refractivity contribution in [2.24, 2.45) is 0 Å². The molecule has 3 nitrogen and oxygen atoms in total. The van der Waals surface area contributed by atoms with Gasteiger partial charge in [-0.3, -0.25) is 9.78 Å². The van der Waals surface area contributed by atoms with Gasteiger partial charge in [0.05, 0.1) is 6.42 Å². The molecule has 3 heteroatoms. The van der Waals surface area contributed by atoms with Gasteiger partial charge in [-0.15, -0.1) is 0 Å². The van der Waals surface area contributed by atoms with Gasteiger partial charge in [0, 0.05) is 12.4 Å². The monoisotopic (exact) mass is 303 g/mol. The van der Waals surface area contributed by atoms with E-state index < -0.39 is 0 Å². The van der Waals surface area contributed by atoms with Gasteiger partial charge in [-0.1, -0.05) is 48.5 Å². The first-order chi connectivity index (χ1) is 11.3. The predicted molar refractivity (Wildman–Crippen MR) is 89.6 cm³/mol. The lowest BCUT2D eigenvalue weighted by molar-refractivity contribution is -0.144. The van der Waals surface area contributed by atoms with Gasteiger partial charge in [0.1, 0.15) is 6.61 Å². The lowest BCUT2D eigenvalue weighted by Crippen LogP contribution is -2.07. The highest BCUT2D eigenvalue weighted by molar-refractivity contribution is 5.72. The summed E-state index contributed by atoms with van der Waals surface area (Å²) in [4.78, 5) is 15.9. The van der Waals surface area contributed by atoms with Gasteiger partial charge in [-0.2, -0.15) is 0 Å². The molecule has 1 aromatic heterocycles. The van der Waals surface area contributed by atoms with Crippen molar-refractivity contribution in [3.8, 4) is 11.1 Å². The first-order valence-electron chi connectivity index (χ1n) is 7.50. The predicted octanol–water partition coefficient (Wildman–Crippen LogP) is 4.03. The van der Waals surface area contributed by atoms with E-state index in [9.17, 15) is 4.79 Å². The summed E-state index contributed by atoms with van der Waals surface area (Å²) >= 11 is 0. The molecule has 0 unspecified atom stereocenters. The number of nitrogens with zero attached hydrogens (tertiary/aromatic N) is 1. The van der Waals surface area contributed by atoms with Gasteiger partial charge in [-0.05, 0) is 40.5 Å². The second-order valence-corrected chi connectivity index (χ2v) is 5.26. The molecule has 1 heterocycles. The molecule has 0 saturated heterocycles. The van der Waals surface area contributed by atoms with Crippen LogP contribution in [-0.4, -0.2) is 11.0 Å². The van der Waals surface area contributed by atoms with E-state index >= 15 is 0 Å². The van der Waals surface area contributed by atoms with Crippen LogP contribution in [-0.2, 0) is 22.6 Å². The number of pyridine rings is 1. The smallest absolute Gasteiger partial charge is 0.310 e. The van der Waals surface area contributed by atoms with Gasteiger partial charge in [0.15, 0.2) is 0 Å². The van der Waals surface area contributed by atoms with Crippen molar-refractivity contribution in [2.75, 3.05) is 0 Å². The zero-order chi connectivity index (χ0) is 15.9. The molecule has 2 aromatic carbocycles. The lowest BCUT2D eigenvalue weighted by Gasteiger charge is -2.07. The van der Waals surface area contributed by atoms with Crippen LogP contribution < -0.4 is 0 Å². The van der Waals surface area contributed by atoms with Crippen LogP contribution in [0.2, 0.25) is 0 Å². The summed E-state index contributed by atoms with van der Waals surface area (Å²) in [5.74, 6) is -0.217. The van der Waals surface area contributed by atoms with Crippen LogP contribution >= 0.6 is 0 Å². The molecule has 3 rings (SSSR count). The van der Waals surface area contributed by atoms with Gasteiger partial charge in [0.2, 0.25) is 0 Å². The minimum atomic E-state index is -0.217. The second-order valence-electron chi connectivity index (χ2n) is 5.26. The van der Waals surface area contributed by atoms with Crippen LogP contribution in [0.1, 0.15) is 11.1 Å². The first kappa shape index (κ1) is 15.0. The van der Waals surface area contributed by atoms with Crippen molar-refractivity contribution >= 4 is 5.97 Å². The topological polar surface area (TPSA) is 39.2 Å². The fourth-order valence-electron chi connectivity index (χ4n) is 2.36. The first-order valence-corrected chi connectivity index (χ1v) is 7.50. The lowest BCUT2D eigenvalue weighted by atomic mass is 10.0. The Morgan fingerprint density at radius 1 is 0.826 bits per heavy atom. The summed E-state index contributed by atoms with van der Waals surface area (Å²) in [6, 6.07) is 21.5. The maximum Gasteiger partial charge on any atom is 0.310 e. The van der Waals surface area contributed by atoms with Crippen LogP contribution in [0, 0.1) is 0 Å².